The summed E-state index contributed by atoms with van der Waals surface area (Å²) in [6.07, 6.45) is 4.17. The average Bonchev–Trinajstić information content (AvgIpc) is 3.09. The molecule has 1 nitrogen and oxygen atoms in total. The van der Waals surface area contributed by atoms with Crippen molar-refractivity contribution in [2.45, 2.75) is 0 Å². The molecule has 2 aromatic heterocycles. The highest BCUT2D eigenvalue weighted by Gasteiger charge is 2.01. The van der Waals surface area contributed by atoms with Gasteiger partial charge in [0.2, 0.25) is 0 Å². The first-order chi connectivity index (χ1) is 8.92. The van der Waals surface area contributed by atoms with Gasteiger partial charge in [-0.3, -0.25) is 0 Å². The van der Waals surface area contributed by atoms with Crippen LogP contribution in [0.5, 0.6) is 0 Å². The van der Waals surface area contributed by atoms with Crippen LogP contribution in [0.3, 0.4) is 0 Å². The smallest absolute Gasteiger partial charge is 0.116 e. The lowest BCUT2D eigenvalue weighted by Gasteiger charge is -1.93. The Morgan fingerprint density at radius 2 is 1.83 bits per heavy atom. The first-order valence-corrected chi connectivity index (χ1v) is 7.45. The van der Waals surface area contributed by atoms with Gasteiger partial charge in [-0.15, -0.1) is 11.3 Å². The van der Waals surface area contributed by atoms with E-state index < -0.39 is 0 Å². The van der Waals surface area contributed by atoms with E-state index in [2.05, 4.69) is 51.5 Å². The Hall–Kier alpha value is -1.71. The monoisotopic (exact) mass is 269 g/mol. The standard InChI is InChI=1S/C15H11NS2/c1-2-4-13(5-3-1)14-11-18-15(16-14)7-6-12-8-9-17-10-12/h1-11H. The average molecular weight is 269 g/mol. The summed E-state index contributed by atoms with van der Waals surface area (Å²) in [5.41, 5.74) is 3.45. The Kier molecular flexibility index (Phi) is 3.35. The van der Waals surface area contributed by atoms with Crippen molar-refractivity contribution in [2.24, 2.45) is 0 Å². The van der Waals surface area contributed by atoms with Crippen molar-refractivity contribution in [3.63, 3.8) is 0 Å². The lowest BCUT2D eigenvalue weighted by molar-refractivity contribution is 1.39. The zero-order valence-corrected chi connectivity index (χ0v) is 11.2. The molecule has 2 heterocycles. The largest absolute Gasteiger partial charge is 0.237 e. The van der Waals surface area contributed by atoms with Gasteiger partial charge in [0.15, 0.2) is 0 Å². The Morgan fingerprint density at radius 3 is 2.61 bits per heavy atom. The molecule has 0 aliphatic heterocycles. The fourth-order valence-corrected chi connectivity index (χ4v) is 2.99. The zero-order chi connectivity index (χ0) is 12.2. The molecule has 0 saturated heterocycles. The van der Waals surface area contributed by atoms with Crippen molar-refractivity contribution in [2.75, 3.05) is 0 Å². The van der Waals surface area contributed by atoms with E-state index in [1.807, 2.05) is 18.2 Å². The molecule has 1 aromatic carbocycles. The second-order valence-electron chi connectivity index (χ2n) is 3.83. The molecule has 0 atom stereocenters. The van der Waals surface area contributed by atoms with E-state index in [0.29, 0.717) is 0 Å². The van der Waals surface area contributed by atoms with Gasteiger partial charge in [-0.05, 0) is 28.5 Å². The molecule has 0 bridgehead atoms. The predicted molar refractivity (Wildman–Crippen MR) is 80.8 cm³/mol. The van der Waals surface area contributed by atoms with Gasteiger partial charge in [0, 0.05) is 10.9 Å². The van der Waals surface area contributed by atoms with Gasteiger partial charge in [-0.2, -0.15) is 11.3 Å². The van der Waals surface area contributed by atoms with Gasteiger partial charge in [0.05, 0.1) is 5.69 Å². The van der Waals surface area contributed by atoms with Crippen molar-refractivity contribution >= 4 is 34.8 Å². The first-order valence-electron chi connectivity index (χ1n) is 5.63. The van der Waals surface area contributed by atoms with Crippen LogP contribution in [0.2, 0.25) is 0 Å². The number of thiophene rings is 1. The molecule has 0 N–H and O–H groups in total. The van der Waals surface area contributed by atoms with Crippen molar-refractivity contribution < 1.29 is 0 Å². The molecule has 0 radical (unpaired) electrons. The SMILES string of the molecule is C(=Cc1nc(-c2ccccc2)cs1)c1ccsc1. The van der Waals surface area contributed by atoms with E-state index in [9.17, 15) is 0 Å². The van der Waals surface area contributed by atoms with Gasteiger partial charge in [0.1, 0.15) is 5.01 Å². The number of rotatable bonds is 3. The molecule has 0 fully saturated rings. The van der Waals surface area contributed by atoms with Gasteiger partial charge < -0.3 is 0 Å². The van der Waals surface area contributed by atoms with Crippen LogP contribution in [0.25, 0.3) is 23.4 Å². The Morgan fingerprint density at radius 1 is 0.944 bits per heavy atom. The number of benzene rings is 1. The van der Waals surface area contributed by atoms with Crippen LogP contribution in [-0.4, -0.2) is 4.98 Å². The molecule has 0 aliphatic carbocycles. The Balaban J connectivity index is 1.82. The predicted octanol–water partition coefficient (Wildman–Crippen LogP) is 5.04. The molecular weight excluding hydrogens is 258 g/mol. The molecular formula is C15H11NS2. The molecule has 88 valence electrons. The lowest BCUT2D eigenvalue weighted by Crippen LogP contribution is -1.76. The molecule has 0 unspecified atom stereocenters. The summed E-state index contributed by atoms with van der Waals surface area (Å²) < 4.78 is 0. The summed E-state index contributed by atoms with van der Waals surface area (Å²) >= 11 is 3.38. The van der Waals surface area contributed by atoms with Crippen LogP contribution in [0.15, 0.2) is 52.5 Å². The van der Waals surface area contributed by atoms with Gasteiger partial charge >= 0.3 is 0 Å². The summed E-state index contributed by atoms with van der Waals surface area (Å²) in [6, 6.07) is 12.4. The molecule has 0 spiro atoms. The van der Waals surface area contributed by atoms with E-state index in [1.165, 1.54) is 11.1 Å². The minimum absolute atomic E-state index is 1.04. The fourth-order valence-electron chi connectivity index (χ4n) is 1.64. The van der Waals surface area contributed by atoms with E-state index in [-0.39, 0.29) is 0 Å². The zero-order valence-electron chi connectivity index (χ0n) is 9.61. The number of hydrogen-bond donors (Lipinski definition) is 0. The summed E-state index contributed by atoms with van der Waals surface area (Å²) in [5, 5.41) is 7.35. The highest BCUT2D eigenvalue weighted by atomic mass is 32.1. The lowest BCUT2D eigenvalue weighted by atomic mass is 10.2. The van der Waals surface area contributed by atoms with Crippen LogP contribution in [0.4, 0.5) is 0 Å². The summed E-state index contributed by atoms with van der Waals surface area (Å²) in [5.74, 6) is 0. The molecule has 0 amide bonds. The molecule has 3 rings (SSSR count). The molecule has 18 heavy (non-hydrogen) atoms. The maximum atomic E-state index is 4.62. The second-order valence-corrected chi connectivity index (χ2v) is 5.50. The maximum Gasteiger partial charge on any atom is 0.116 e. The van der Waals surface area contributed by atoms with Crippen molar-refractivity contribution in [1.82, 2.24) is 4.98 Å². The number of nitrogens with zero attached hydrogens (tertiary/aromatic N) is 1. The normalized spacial score (nSPS) is 11.1. The van der Waals surface area contributed by atoms with E-state index in [0.717, 1.165) is 10.7 Å². The molecule has 0 aliphatic rings. The third kappa shape index (κ3) is 2.58. The highest BCUT2D eigenvalue weighted by molar-refractivity contribution is 7.11. The maximum absolute atomic E-state index is 4.62. The Labute approximate surface area is 114 Å². The Bertz CT molecular complexity index is 636. The fraction of sp³-hybridized carbons (Fsp3) is 0. The third-order valence-corrected chi connectivity index (χ3v) is 4.06. The van der Waals surface area contributed by atoms with E-state index >= 15 is 0 Å². The molecule has 3 heteroatoms. The van der Waals surface area contributed by atoms with Crippen LogP contribution < -0.4 is 0 Å². The number of aromatic nitrogens is 1. The molecule has 3 aromatic rings. The van der Waals surface area contributed by atoms with Gasteiger partial charge in [-0.1, -0.05) is 36.4 Å². The first kappa shape index (κ1) is 11.4. The minimum Gasteiger partial charge on any atom is -0.237 e. The summed E-state index contributed by atoms with van der Waals surface area (Å²) in [7, 11) is 0. The third-order valence-electron chi connectivity index (χ3n) is 2.55. The molecule has 0 saturated carbocycles. The minimum atomic E-state index is 1.04. The summed E-state index contributed by atoms with van der Waals surface area (Å²) in [4.78, 5) is 4.62. The van der Waals surface area contributed by atoms with E-state index in [1.54, 1.807) is 22.7 Å². The van der Waals surface area contributed by atoms with Crippen LogP contribution >= 0.6 is 22.7 Å². The van der Waals surface area contributed by atoms with Gasteiger partial charge in [0.25, 0.3) is 0 Å². The number of hydrogen-bond acceptors (Lipinski definition) is 3. The van der Waals surface area contributed by atoms with Crippen LogP contribution in [0.1, 0.15) is 10.6 Å². The number of thiazole rings is 1. The topological polar surface area (TPSA) is 12.9 Å². The van der Waals surface area contributed by atoms with Crippen molar-refractivity contribution in [3.05, 3.63) is 63.1 Å². The quantitative estimate of drug-likeness (QED) is 0.649. The summed E-state index contributed by atoms with van der Waals surface area (Å²) in [6.45, 7) is 0. The van der Waals surface area contributed by atoms with Crippen molar-refractivity contribution in [3.8, 4) is 11.3 Å². The van der Waals surface area contributed by atoms with Crippen LogP contribution in [0, 0.1) is 0 Å². The van der Waals surface area contributed by atoms with Crippen LogP contribution in [-0.2, 0) is 0 Å². The van der Waals surface area contributed by atoms with E-state index in [4.69, 9.17) is 0 Å². The second kappa shape index (κ2) is 5.29. The van der Waals surface area contributed by atoms with Gasteiger partial charge in [-0.25, -0.2) is 4.98 Å². The van der Waals surface area contributed by atoms with Crippen molar-refractivity contribution in [1.29, 1.82) is 0 Å². The highest BCUT2D eigenvalue weighted by Crippen LogP contribution is 2.22.